The van der Waals surface area contributed by atoms with Gasteiger partial charge in [0.1, 0.15) is 5.51 Å². The molecule has 1 aromatic rings. The zero-order valence-corrected chi connectivity index (χ0v) is 8.55. The molecule has 0 aliphatic carbocycles. The molecule has 0 radical (unpaired) electrons. The Balaban J connectivity index is 1.91. The van der Waals surface area contributed by atoms with Crippen molar-refractivity contribution in [3.63, 3.8) is 0 Å². The molecule has 0 saturated carbocycles. The van der Waals surface area contributed by atoms with Gasteiger partial charge < -0.3 is 10.6 Å². The Kier molecular flexibility index (Phi) is 2.21. The van der Waals surface area contributed by atoms with Crippen LogP contribution in [0.2, 0.25) is 0 Å². The molecular formula is C8H14N4S. The maximum Gasteiger partial charge on any atom is 0.208 e. The van der Waals surface area contributed by atoms with Crippen molar-refractivity contribution in [3.05, 3.63) is 5.51 Å². The van der Waals surface area contributed by atoms with E-state index >= 15 is 0 Å². The first-order valence-corrected chi connectivity index (χ1v) is 5.41. The van der Waals surface area contributed by atoms with Gasteiger partial charge in [0, 0.05) is 13.1 Å². The summed E-state index contributed by atoms with van der Waals surface area (Å²) >= 11 is 1.57. The normalized spacial score (nSPS) is 20.0. The predicted octanol–water partition coefficient (Wildman–Crippen LogP) is 0.856. The van der Waals surface area contributed by atoms with Crippen LogP contribution in [-0.4, -0.2) is 28.8 Å². The van der Waals surface area contributed by atoms with Gasteiger partial charge in [0.25, 0.3) is 0 Å². The van der Waals surface area contributed by atoms with E-state index in [1.165, 1.54) is 0 Å². The molecule has 4 nitrogen and oxygen atoms in total. The molecule has 1 aromatic heterocycles. The van der Waals surface area contributed by atoms with Crippen molar-refractivity contribution < 1.29 is 0 Å². The van der Waals surface area contributed by atoms with E-state index in [4.69, 9.17) is 5.73 Å². The SMILES string of the molecule is CCCC1(N)CN(c2nncs2)C1. The Labute approximate surface area is 81.8 Å². The first-order chi connectivity index (χ1) is 6.23. The van der Waals surface area contributed by atoms with Crippen LogP contribution < -0.4 is 10.6 Å². The average Bonchev–Trinajstić information content (AvgIpc) is 2.52. The summed E-state index contributed by atoms with van der Waals surface area (Å²) in [7, 11) is 0. The monoisotopic (exact) mass is 198 g/mol. The number of nitrogens with zero attached hydrogens (tertiary/aromatic N) is 3. The highest BCUT2D eigenvalue weighted by atomic mass is 32.1. The quantitative estimate of drug-likeness (QED) is 0.782. The van der Waals surface area contributed by atoms with Gasteiger partial charge in [0.05, 0.1) is 5.54 Å². The van der Waals surface area contributed by atoms with Gasteiger partial charge in [0.15, 0.2) is 0 Å². The smallest absolute Gasteiger partial charge is 0.208 e. The van der Waals surface area contributed by atoms with Crippen molar-refractivity contribution >= 4 is 16.5 Å². The van der Waals surface area contributed by atoms with Crippen LogP contribution in [0.5, 0.6) is 0 Å². The number of anilines is 1. The molecule has 72 valence electrons. The van der Waals surface area contributed by atoms with Crippen molar-refractivity contribution in [3.8, 4) is 0 Å². The third kappa shape index (κ3) is 1.66. The highest BCUT2D eigenvalue weighted by Crippen LogP contribution is 2.29. The summed E-state index contributed by atoms with van der Waals surface area (Å²) in [5.74, 6) is 0. The van der Waals surface area contributed by atoms with E-state index in [2.05, 4.69) is 22.0 Å². The van der Waals surface area contributed by atoms with E-state index in [0.29, 0.717) is 0 Å². The predicted molar refractivity (Wildman–Crippen MR) is 53.9 cm³/mol. The molecule has 0 spiro atoms. The zero-order chi connectivity index (χ0) is 9.31. The van der Waals surface area contributed by atoms with Crippen molar-refractivity contribution in [2.24, 2.45) is 5.73 Å². The second-order valence-electron chi connectivity index (χ2n) is 3.69. The minimum absolute atomic E-state index is 0.0282. The van der Waals surface area contributed by atoms with E-state index in [-0.39, 0.29) is 5.54 Å². The van der Waals surface area contributed by atoms with Crippen molar-refractivity contribution in [2.75, 3.05) is 18.0 Å². The van der Waals surface area contributed by atoms with Crippen LogP contribution >= 0.6 is 11.3 Å². The molecule has 2 N–H and O–H groups in total. The molecule has 0 aromatic carbocycles. The number of nitrogens with two attached hydrogens (primary N) is 1. The van der Waals surface area contributed by atoms with Gasteiger partial charge in [-0.05, 0) is 6.42 Å². The summed E-state index contributed by atoms with van der Waals surface area (Å²) < 4.78 is 0. The molecule has 0 amide bonds. The van der Waals surface area contributed by atoms with Gasteiger partial charge in [-0.25, -0.2) is 0 Å². The largest absolute Gasteiger partial charge is 0.343 e. The van der Waals surface area contributed by atoms with E-state index in [1.54, 1.807) is 16.8 Å². The fraction of sp³-hybridized carbons (Fsp3) is 0.750. The second kappa shape index (κ2) is 3.23. The topological polar surface area (TPSA) is 55.0 Å². The molecule has 2 heterocycles. The summed E-state index contributed by atoms with van der Waals surface area (Å²) in [6.45, 7) is 4.02. The molecule has 0 unspecified atom stereocenters. The lowest BCUT2D eigenvalue weighted by Crippen LogP contribution is -2.67. The van der Waals surface area contributed by atoms with Crippen LogP contribution in [0.1, 0.15) is 19.8 Å². The number of aromatic nitrogens is 2. The number of hydrogen-bond acceptors (Lipinski definition) is 5. The Hall–Kier alpha value is -0.680. The molecule has 0 atom stereocenters. The van der Waals surface area contributed by atoms with Gasteiger partial charge in [-0.1, -0.05) is 24.7 Å². The highest BCUT2D eigenvalue weighted by molar-refractivity contribution is 7.13. The van der Waals surface area contributed by atoms with Crippen LogP contribution in [0.25, 0.3) is 0 Å². The first-order valence-electron chi connectivity index (χ1n) is 4.53. The minimum Gasteiger partial charge on any atom is -0.343 e. The van der Waals surface area contributed by atoms with E-state index < -0.39 is 0 Å². The van der Waals surface area contributed by atoms with Crippen molar-refractivity contribution in [1.82, 2.24) is 10.2 Å². The Morgan fingerprint density at radius 1 is 1.69 bits per heavy atom. The van der Waals surface area contributed by atoms with Crippen LogP contribution in [-0.2, 0) is 0 Å². The number of rotatable bonds is 3. The van der Waals surface area contributed by atoms with Crippen LogP contribution in [0.4, 0.5) is 5.13 Å². The third-order valence-corrected chi connectivity index (χ3v) is 3.13. The summed E-state index contributed by atoms with van der Waals surface area (Å²) in [6.07, 6.45) is 2.25. The summed E-state index contributed by atoms with van der Waals surface area (Å²) in [5, 5.41) is 8.81. The van der Waals surface area contributed by atoms with Gasteiger partial charge in [-0.3, -0.25) is 0 Å². The first kappa shape index (κ1) is 8.90. The molecule has 2 rings (SSSR count). The second-order valence-corrected chi connectivity index (χ2v) is 4.50. The van der Waals surface area contributed by atoms with Gasteiger partial charge in [0.2, 0.25) is 5.13 Å². The molecule has 1 aliphatic heterocycles. The standard InChI is InChI=1S/C8H14N4S/c1-2-3-8(9)4-12(5-8)7-11-10-6-13-7/h6H,2-5,9H2,1H3. The molecule has 1 fully saturated rings. The Bertz CT molecular complexity index is 266. The lowest BCUT2D eigenvalue weighted by Gasteiger charge is -2.47. The molecular weight excluding hydrogens is 184 g/mol. The third-order valence-electron chi connectivity index (χ3n) is 2.38. The number of hydrogen-bond donors (Lipinski definition) is 1. The summed E-state index contributed by atoms with van der Waals surface area (Å²) in [6, 6.07) is 0. The Morgan fingerprint density at radius 2 is 2.46 bits per heavy atom. The van der Waals surface area contributed by atoms with Gasteiger partial charge in [-0.15, -0.1) is 10.2 Å². The average molecular weight is 198 g/mol. The fourth-order valence-electron chi connectivity index (χ4n) is 1.81. The maximum absolute atomic E-state index is 6.12. The van der Waals surface area contributed by atoms with Crippen molar-refractivity contribution in [1.29, 1.82) is 0 Å². The van der Waals surface area contributed by atoms with Crippen LogP contribution in [0, 0.1) is 0 Å². The van der Waals surface area contributed by atoms with Crippen LogP contribution in [0.3, 0.4) is 0 Å². The molecule has 1 aliphatic rings. The minimum atomic E-state index is 0.0282. The molecule has 13 heavy (non-hydrogen) atoms. The summed E-state index contributed by atoms with van der Waals surface area (Å²) in [4.78, 5) is 2.19. The molecule has 1 saturated heterocycles. The lowest BCUT2D eigenvalue weighted by atomic mass is 9.87. The maximum atomic E-state index is 6.12. The molecule has 5 heteroatoms. The fourth-order valence-corrected chi connectivity index (χ4v) is 2.37. The van der Waals surface area contributed by atoms with Crippen molar-refractivity contribution in [2.45, 2.75) is 25.3 Å². The zero-order valence-electron chi connectivity index (χ0n) is 7.73. The van der Waals surface area contributed by atoms with E-state index in [9.17, 15) is 0 Å². The molecule has 0 bridgehead atoms. The van der Waals surface area contributed by atoms with E-state index in [1.807, 2.05) is 0 Å². The summed E-state index contributed by atoms with van der Waals surface area (Å²) in [5.41, 5.74) is 7.91. The van der Waals surface area contributed by atoms with Gasteiger partial charge in [-0.2, -0.15) is 0 Å². The highest BCUT2D eigenvalue weighted by Gasteiger charge is 2.39. The van der Waals surface area contributed by atoms with Crippen LogP contribution in [0.15, 0.2) is 5.51 Å². The Morgan fingerprint density at radius 3 is 3.00 bits per heavy atom. The van der Waals surface area contributed by atoms with E-state index in [0.717, 1.165) is 31.1 Å². The van der Waals surface area contributed by atoms with Gasteiger partial charge >= 0.3 is 0 Å². The lowest BCUT2D eigenvalue weighted by molar-refractivity contribution is 0.307.